The van der Waals surface area contributed by atoms with Crippen LogP contribution in [0.15, 0.2) is 42.5 Å². The van der Waals surface area contributed by atoms with Crippen LogP contribution in [0, 0.1) is 0 Å². The molecule has 0 aliphatic heterocycles. The minimum Gasteiger partial charge on any atom is -0.366 e. The van der Waals surface area contributed by atoms with Crippen LogP contribution in [0.25, 0.3) is 0 Å². The lowest BCUT2D eigenvalue weighted by atomic mass is 10.2. The van der Waals surface area contributed by atoms with Crippen molar-refractivity contribution < 1.29 is 14.4 Å². The average molecular weight is 384 g/mol. The van der Waals surface area contributed by atoms with Crippen LogP contribution in [-0.4, -0.2) is 17.8 Å². The van der Waals surface area contributed by atoms with Gasteiger partial charge in [0.2, 0.25) is 5.91 Å². The second-order valence-corrected chi connectivity index (χ2v) is 5.91. The van der Waals surface area contributed by atoms with Gasteiger partial charge in [-0.15, -0.1) is 0 Å². The molecule has 0 unspecified atom stereocenters. The van der Waals surface area contributed by atoms with E-state index in [4.69, 9.17) is 28.9 Å². The monoisotopic (exact) mass is 383 g/mol. The molecule has 0 spiro atoms. The van der Waals surface area contributed by atoms with Crippen LogP contribution in [-0.2, 0) is 0 Å². The lowest BCUT2D eigenvalue weighted by Crippen LogP contribution is -2.38. The number of nitrogens with one attached hydrogen (secondary N) is 1. The summed E-state index contributed by atoms with van der Waals surface area (Å²) < 4.78 is 0.912. The molecule has 3 N–H and O–H groups in total. The third kappa shape index (κ3) is 4.41. The highest BCUT2D eigenvalue weighted by Crippen LogP contribution is 2.20. The lowest BCUT2D eigenvalue weighted by molar-refractivity contribution is 0.0964. The molecule has 0 aliphatic carbocycles. The summed E-state index contributed by atoms with van der Waals surface area (Å²) in [5.41, 5.74) is 5.90. The van der Waals surface area contributed by atoms with Crippen molar-refractivity contribution in [3.63, 3.8) is 0 Å². The van der Waals surface area contributed by atoms with Crippen LogP contribution in [0.1, 0.15) is 20.7 Å². The van der Waals surface area contributed by atoms with E-state index in [1.54, 1.807) is 0 Å². The molecule has 2 aromatic rings. The van der Waals surface area contributed by atoms with Crippen LogP contribution < -0.4 is 15.4 Å². The van der Waals surface area contributed by atoms with Gasteiger partial charge >= 0.3 is 6.03 Å². The highest BCUT2D eigenvalue weighted by atomic mass is 35.5. The third-order valence-electron chi connectivity index (χ3n) is 2.93. The van der Waals surface area contributed by atoms with Crippen molar-refractivity contribution in [3.05, 3.63) is 63.6 Å². The molecule has 6 nitrogen and oxygen atoms in total. The van der Waals surface area contributed by atoms with Gasteiger partial charge in [-0.1, -0.05) is 36.0 Å². The Morgan fingerprint density at radius 1 is 0.958 bits per heavy atom. The van der Waals surface area contributed by atoms with Gasteiger partial charge in [-0.3, -0.25) is 14.9 Å². The second-order valence-electron chi connectivity index (χ2n) is 4.64. The van der Waals surface area contributed by atoms with Crippen molar-refractivity contribution in [1.29, 1.82) is 0 Å². The maximum atomic E-state index is 12.1. The van der Waals surface area contributed by atoms with Crippen LogP contribution in [0.3, 0.4) is 0 Å². The summed E-state index contributed by atoms with van der Waals surface area (Å²) >= 11 is 15.7. The fourth-order valence-electron chi connectivity index (χ4n) is 1.79. The first-order chi connectivity index (χ1) is 11.3. The van der Waals surface area contributed by atoms with Gasteiger partial charge in [-0.25, -0.2) is 9.10 Å². The number of amides is 4. The van der Waals surface area contributed by atoms with E-state index in [1.807, 2.05) is 0 Å². The first kappa shape index (κ1) is 18.1. The van der Waals surface area contributed by atoms with Crippen LogP contribution >= 0.6 is 36.0 Å². The minimum absolute atomic E-state index is 0.131. The standard InChI is InChI=1S/C15H11Cl2N3O3S/c16-10-5-9(6-11(17)7-10)14(22)19-15(23)20(24)12-3-1-8(2-4-12)13(18)21/h1-7,24H,(H2,18,21)(H,19,22,23). The molecule has 0 saturated carbocycles. The molecule has 9 heteroatoms. The van der Waals surface area contributed by atoms with E-state index in [9.17, 15) is 14.4 Å². The van der Waals surface area contributed by atoms with E-state index in [2.05, 4.69) is 18.1 Å². The molecule has 0 saturated heterocycles. The first-order valence-electron chi connectivity index (χ1n) is 6.48. The van der Waals surface area contributed by atoms with E-state index in [0.29, 0.717) is 5.69 Å². The maximum Gasteiger partial charge on any atom is 0.338 e. The van der Waals surface area contributed by atoms with Crippen molar-refractivity contribution in [1.82, 2.24) is 5.32 Å². The number of carbonyl (C=O) groups is 3. The van der Waals surface area contributed by atoms with Gasteiger partial charge in [0.05, 0.1) is 5.69 Å². The van der Waals surface area contributed by atoms with Gasteiger partial charge in [0.25, 0.3) is 5.91 Å². The number of hydrogen-bond donors (Lipinski definition) is 3. The number of carbonyl (C=O) groups excluding carboxylic acids is 3. The zero-order valence-corrected chi connectivity index (χ0v) is 14.4. The van der Waals surface area contributed by atoms with Crippen LogP contribution in [0.5, 0.6) is 0 Å². The van der Waals surface area contributed by atoms with Crippen molar-refractivity contribution >= 4 is 59.5 Å². The summed E-state index contributed by atoms with van der Waals surface area (Å²) in [5, 5.41) is 2.69. The summed E-state index contributed by atoms with van der Waals surface area (Å²) in [7, 11) is 0. The predicted molar refractivity (Wildman–Crippen MR) is 95.7 cm³/mol. The first-order valence-corrected chi connectivity index (χ1v) is 7.64. The Labute approximate surface area is 153 Å². The van der Waals surface area contributed by atoms with Gasteiger partial charge < -0.3 is 5.73 Å². The number of nitrogens with zero attached hydrogens (tertiary/aromatic N) is 1. The molecule has 0 radical (unpaired) electrons. The van der Waals surface area contributed by atoms with E-state index in [-0.39, 0.29) is 21.2 Å². The number of benzene rings is 2. The molecular formula is C15H11Cl2N3O3S. The van der Waals surface area contributed by atoms with E-state index >= 15 is 0 Å². The quantitative estimate of drug-likeness (QED) is 0.709. The molecule has 2 rings (SSSR count). The van der Waals surface area contributed by atoms with Gasteiger partial charge in [0.1, 0.15) is 0 Å². The molecule has 0 bridgehead atoms. The zero-order chi connectivity index (χ0) is 17.9. The minimum atomic E-state index is -0.786. The molecule has 24 heavy (non-hydrogen) atoms. The molecule has 4 amide bonds. The number of rotatable bonds is 3. The van der Waals surface area contributed by atoms with E-state index in [0.717, 1.165) is 4.31 Å². The highest BCUT2D eigenvalue weighted by molar-refractivity contribution is 7.82. The van der Waals surface area contributed by atoms with Crippen molar-refractivity contribution in [2.45, 2.75) is 0 Å². The summed E-state index contributed by atoms with van der Waals surface area (Å²) in [4.78, 5) is 35.2. The summed E-state index contributed by atoms with van der Waals surface area (Å²) in [6.07, 6.45) is 0. The van der Waals surface area contributed by atoms with E-state index in [1.165, 1.54) is 42.5 Å². The topological polar surface area (TPSA) is 92.5 Å². The molecular weight excluding hydrogens is 373 g/mol. The Hall–Kier alpha value is -2.22. The Morgan fingerprint density at radius 2 is 1.50 bits per heavy atom. The summed E-state index contributed by atoms with van der Waals surface area (Å²) in [6.45, 7) is 0. The largest absolute Gasteiger partial charge is 0.366 e. The molecule has 0 heterocycles. The Kier molecular flexibility index (Phi) is 5.71. The van der Waals surface area contributed by atoms with Crippen molar-refractivity contribution in [2.24, 2.45) is 5.73 Å². The highest BCUT2D eigenvalue weighted by Gasteiger charge is 2.17. The number of hydrogen-bond acceptors (Lipinski definition) is 4. The molecule has 124 valence electrons. The number of urea groups is 1. The van der Waals surface area contributed by atoms with Crippen LogP contribution in [0.4, 0.5) is 10.5 Å². The van der Waals surface area contributed by atoms with Crippen molar-refractivity contribution in [2.75, 3.05) is 4.31 Å². The van der Waals surface area contributed by atoms with Gasteiger partial charge in [-0.05, 0) is 42.5 Å². The maximum absolute atomic E-state index is 12.1. The number of halogens is 2. The summed E-state index contributed by atoms with van der Waals surface area (Å²) in [6, 6.07) is 9.24. The Bertz CT molecular complexity index is 792. The number of anilines is 1. The second kappa shape index (κ2) is 7.57. The number of nitrogens with two attached hydrogens (primary N) is 1. The fourth-order valence-corrected chi connectivity index (χ4v) is 2.50. The molecule has 0 aliphatic rings. The molecule has 0 aromatic heterocycles. The fraction of sp³-hybridized carbons (Fsp3) is 0. The number of imide groups is 1. The average Bonchev–Trinajstić information content (AvgIpc) is 2.53. The van der Waals surface area contributed by atoms with E-state index < -0.39 is 17.8 Å². The molecule has 0 fully saturated rings. The van der Waals surface area contributed by atoms with Crippen molar-refractivity contribution in [3.8, 4) is 0 Å². The molecule has 2 aromatic carbocycles. The normalized spacial score (nSPS) is 10.1. The van der Waals surface area contributed by atoms with Gasteiger partial charge in [-0.2, -0.15) is 0 Å². The van der Waals surface area contributed by atoms with Gasteiger partial charge in [0, 0.05) is 21.2 Å². The Morgan fingerprint density at radius 3 is 2.00 bits per heavy atom. The summed E-state index contributed by atoms with van der Waals surface area (Å²) in [5.74, 6) is -1.28. The predicted octanol–water partition coefficient (Wildman–Crippen LogP) is 3.29. The number of thiol groups is 1. The number of primary amides is 1. The Balaban J connectivity index is 2.10. The lowest BCUT2D eigenvalue weighted by Gasteiger charge is -2.16. The third-order valence-corrected chi connectivity index (χ3v) is 3.78. The smallest absolute Gasteiger partial charge is 0.338 e. The zero-order valence-electron chi connectivity index (χ0n) is 12.0. The molecule has 0 atom stereocenters. The SMILES string of the molecule is NC(=O)c1ccc(N(S)C(=O)NC(=O)c2cc(Cl)cc(Cl)c2)cc1. The van der Waals surface area contributed by atoms with Crippen LogP contribution in [0.2, 0.25) is 10.0 Å². The van der Waals surface area contributed by atoms with Gasteiger partial charge in [0.15, 0.2) is 0 Å².